The first-order valence-corrected chi connectivity index (χ1v) is 8.25. The van der Waals surface area contributed by atoms with Gasteiger partial charge in [-0.25, -0.2) is 15.0 Å². The van der Waals surface area contributed by atoms with Crippen LogP contribution in [0.1, 0.15) is 5.82 Å². The van der Waals surface area contributed by atoms with Gasteiger partial charge < -0.3 is 19.3 Å². The van der Waals surface area contributed by atoms with Gasteiger partial charge in [0.05, 0.1) is 26.1 Å². The Bertz CT molecular complexity index is 612. The van der Waals surface area contributed by atoms with Gasteiger partial charge in [-0.3, -0.25) is 0 Å². The van der Waals surface area contributed by atoms with Gasteiger partial charge in [-0.15, -0.1) is 0 Å². The molecule has 1 saturated heterocycles. The summed E-state index contributed by atoms with van der Waals surface area (Å²) in [5, 5.41) is 0.978. The minimum absolute atomic E-state index is 0.652. The summed E-state index contributed by atoms with van der Waals surface area (Å²) in [7, 11) is 3.30. The van der Waals surface area contributed by atoms with Crippen LogP contribution in [0.3, 0.4) is 0 Å². The highest BCUT2D eigenvalue weighted by Gasteiger charge is 2.21. The Balaban J connectivity index is 1.56. The van der Waals surface area contributed by atoms with Gasteiger partial charge in [0.25, 0.3) is 0 Å². The summed E-state index contributed by atoms with van der Waals surface area (Å²) in [5.74, 6) is 2.26. The first-order chi connectivity index (χ1) is 11.3. The summed E-state index contributed by atoms with van der Waals surface area (Å²) in [6.45, 7) is 4.14. The van der Waals surface area contributed by atoms with Crippen LogP contribution in [0.25, 0.3) is 0 Å². The van der Waals surface area contributed by atoms with Crippen molar-refractivity contribution in [1.29, 1.82) is 0 Å². The van der Waals surface area contributed by atoms with Gasteiger partial charge in [0.1, 0.15) is 5.82 Å². The van der Waals surface area contributed by atoms with E-state index in [-0.39, 0.29) is 0 Å². The molecule has 1 fully saturated rings. The Kier molecular flexibility index (Phi) is 5.19. The van der Waals surface area contributed by atoms with Gasteiger partial charge in [-0.05, 0) is 0 Å². The summed E-state index contributed by atoms with van der Waals surface area (Å²) >= 11 is 1.45. The molecule has 0 unspecified atom stereocenters. The first kappa shape index (κ1) is 15.9. The molecule has 23 heavy (non-hydrogen) atoms. The van der Waals surface area contributed by atoms with E-state index in [0.29, 0.717) is 12.4 Å². The molecule has 0 spiro atoms. The summed E-state index contributed by atoms with van der Waals surface area (Å²) in [4.78, 5) is 17.7. The third kappa shape index (κ3) is 3.85. The van der Waals surface area contributed by atoms with E-state index in [1.165, 1.54) is 11.5 Å². The van der Waals surface area contributed by atoms with Gasteiger partial charge in [-0.1, -0.05) is 0 Å². The molecule has 3 rings (SSSR count). The molecule has 0 aliphatic carbocycles. The van der Waals surface area contributed by atoms with Crippen LogP contribution in [-0.2, 0) is 11.2 Å². The summed E-state index contributed by atoms with van der Waals surface area (Å²) in [6.07, 6.45) is 4.15. The average molecular weight is 336 g/mol. The lowest BCUT2D eigenvalue weighted by atomic mass is 10.3. The number of methoxy groups -OCH3 is 2. The van der Waals surface area contributed by atoms with Crippen molar-refractivity contribution in [3.8, 4) is 5.75 Å². The maximum atomic E-state index is 5.09. The third-order valence-electron chi connectivity index (χ3n) is 3.67. The second-order valence-electron chi connectivity index (χ2n) is 5.13. The molecule has 0 atom stereocenters. The zero-order valence-corrected chi connectivity index (χ0v) is 14.1. The van der Waals surface area contributed by atoms with Crippen molar-refractivity contribution in [2.75, 3.05) is 56.8 Å². The van der Waals surface area contributed by atoms with Crippen LogP contribution in [-0.4, -0.2) is 66.3 Å². The smallest absolute Gasteiger partial charge is 0.225 e. The molecule has 1 aliphatic heterocycles. The summed E-state index contributed by atoms with van der Waals surface area (Å²) in [6, 6.07) is 0. The molecule has 124 valence electrons. The first-order valence-electron chi connectivity index (χ1n) is 7.47. The number of rotatable bonds is 6. The Hall–Kier alpha value is -2.00. The maximum absolute atomic E-state index is 5.09. The predicted octanol–water partition coefficient (Wildman–Crippen LogP) is 0.852. The largest absolute Gasteiger partial charge is 0.494 e. The molecular weight excluding hydrogens is 316 g/mol. The lowest BCUT2D eigenvalue weighted by molar-refractivity contribution is 0.201. The van der Waals surface area contributed by atoms with Gasteiger partial charge >= 0.3 is 0 Å². The summed E-state index contributed by atoms with van der Waals surface area (Å²) in [5.41, 5.74) is 0. The van der Waals surface area contributed by atoms with Crippen molar-refractivity contribution in [3.63, 3.8) is 0 Å². The molecule has 3 heterocycles. The highest BCUT2D eigenvalue weighted by atomic mass is 32.1. The summed E-state index contributed by atoms with van der Waals surface area (Å²) < 4.78 is 14.5. The molecule has 1 aliphatic rings. The maximum Gasteiger partial charge on any atom is 0.225 e. The predicted molar refractivity (Wildman–Crippen MR) is 88.5 cm³/mol. The van der Waals surface area contributed by atoms with Gasteiger partial charge in [0.2, 0.25) is 11.1 Å². The number of hydrogen-bond donors (Lipinski definition) is 0. The van der Waals surface area contributed by atoms with Crippen LogP contribution < -0.4 is 14.5 Å². The molecule has 0 N–H and O–H groups in total. The zero-order valence-electron chi connectivity index (χ0n) is 13.3. The molecule has 2 aromatic rings. The van der Waals surface area contributed by atoms with E-state index < -0.39 is 0 Å². The minimum Gasteiger partial charge on any atom is -0.494 e. The molecule has 0 radical (unpaired) electrons. The fourth-order valence-corrected chi connectivity index (χ4v) is 3.11. The Morgan fingerprint density at radius 3 is 2.43 bits per heavy atom. The highest BCUT2D eigenvalue weighted by Crippen LogP contribution is 2.21. The van der Waals surface area contributed by atoms with E-state index in [4.69, 9.17) is 9.47 Å². The number of nitrogens with zero attached hydrogens (tertiary/aromatic N) is 6. The van der Waals surface area contributed by atoms with E-state index in [0.717, 1.165) is 49.5 Å². The van der Waals surface area contributed by atoms with Crippen LogP contribution in [0.15, 0.2) is 12.4 Å². The fourth-order valence-electron chi connectivity index (χ4n) is 2.34. The molecule has 0 aromatic carbocycles. The number of aromatic nitrogens is 4. The van der Waals surface area contributed by atoms with E-state index in [1.807, 2.05) is 0 Å². The number of ether oxygens (including phenoxy) is 2. The fraction of sp³-hybridized carbons (Fsp3) is 0.571. The van der Waals surface area contributed by atoms with Crippen molar-refractivity contribution in [2.24, 2.45) is 0 Å². The van der Waals surface area contributed by atoms with Crippen LogP contribution in [0.5, 0.6) is 5.75 Å². The molecule has 0 amide bonds. The quantitative estimate of drug-likeness (QED) is 0.768. The topological polar surface area (TPSA) is 76.5 Å². The van der Waals surface area contributed by atoms with E-state index in [1.54, 1.807) is 26.6 Å². The SMILES string of the molecule is COCCc1nsc(N2CCN(c3ncc(OC)cn3)CC2)n1. The van der Waals surface area contributed by atoms with Crippen molar-refractivity contribution < 1.29 is 9.47 Å². The molecule has 9 heteroatoms. The Morgan fingerprint density at radius 1 is 1.09 bits per heavy atom. The van der Waals surface area contributed by atoms with E-state index in [9.17, 15) is 0 Å². The lowest BCUT2D eigenvalue weighted by Crippen LogP contribution is -2.47. The van der Waals surface area contributed by atoms with Gasteiger partial charge in [0, 0.05) is 51.2 Å². The third-order valence-corrected chi connectivity index (χ3v) is 4.49. The van der Waals surface area contributed by atoms with E-state index in [2.05, 4.69) is 29.1 Å². The second kappa shape index (κ2) is 7.51. The van der Waals surface area contributed by atoms with Crippen molar-refractivity contribution in [2.45, 2.75) is 6.42 Å². The minimum atomic E-state index is 0.652. The van der Waals surface area contributed by atoms with Crippen molar-refractivity contribution in [3.05, 3.63) is 18.2 Å². The molecule has 0 saturated carbocycles. The Labute approximate surface area is 139 Å². The van der Waals surface area contributed by atoms with Crippen molar-refractivity contribution in [1.82, 2.24) is 19.3 Å². The number of piperazine rings is 1. The zero-order chi connectivity index (χ0) is 16.1. The van der Waals surface area contributed by atoms with Gasteiger partial charge in [0.15, 0.2) is 5.75 Å². The van der Waals surface area contributed by atoms with Crippen LogP contribution in [0.4, 0.5) is 11.1 Å². The molecule has 2 aromatic heterocycles. The lowest BCUT2D eigenvalue weighted by Gasteiger charge is -2.34. The normalized spacial score (nSPS) is 15.0. The molecular formula is C14H20N6O2S. The van der Waals surface area contributed by atoms with Crippen LogP contribution in [0.2, 0.25) is 0 Å². The number of anilines is 2. The van der Waals surface area contributed by atoms with E-state index >= 15 is 0 Å². The second-order valence-corrected chi connectivity index (χ2v) is 5.86. The molecule has 8 nitrogen and oxygen atoms in total. The van der Waals surface area contributed by atoms with Crippen LogP contribution >= 0.6 is 11.5 Å². The molecule has 0 bridgehead atoms. The Morgan fingerprint density at radius 2 is 1.78 bits per heavy atom. The van der Waals surface area contributed by atoms with Crippen molar-refractivity contribution >= 4 is 22.6 Å². The van der Waals surface area contributed by atoms with Crippen LogP contribution in [0, 0.1) is 0 Å². The average Bonchev–Trinajstić information content (AvgIpc) is 3.09. The highest BCUT2D eigenvalue weighted by molar-refractivity contribution is 7.09. The standard InChI is InChI=1S/C14H20N6O2S/c1-21-8-3-12-17-14(23-18-12)20-6-4-19(5-7-20)13-15-9-11(22-2)10-16-13/h9-10H,3-8H2,1-2H3. The number of hydrogen-bond acceptors (Lipinski definition) is 9. The van der Waals surface area contributed by atoms with Gasteiger partial charge in [-0.2, -0.15) is 4.37 Å². The monoisotopic (exact) mass is 336 g/mol.